The number of nitrogens with one attached hydrogen (secondary N) is 2. The van der Waals surface area contributed by atoms with Crippen LogP contribution in [0.25, 0.3) is 0 Å². The molecule has 24 heavy (non-hydrogen) atoms. The third-order valence-electron chi connectivity index (χ3n) is 3.96. The molecule has 0 spiro atoms. The molecule has 0 heterocycles. The molecule has 0 bridgehead atoms. The number of benzene rings is 2. The molecule has 2 atom stereocenters. The lowest BCUT2D eigenvalue weighted by molar-refractivity contribution is -0.122. The number of carbonyl (C=O) groups excluding carboxylic acids is 1. The van der Waals surface area contributed by atoms with E-state index in [1.165, 1.54) is 5.56 Å². The Labute approximate surface area is 144 Å². The molecule has 0 aliphatic carbocycles. The summed E-state index contributed by atoms with van der Waals surface area (Å²) in [6.07, 6.45) is 1.88. The zero-order valence-corrected chi connectivity index (χ0v) is 14.6. The Morgan fingerprint density at radius 3 is 2.33 bits per heavy atom. The number of ether oxygens (including phenoxy) is 1. The fraction of sp³-hybridized carbons (Fsp3) is 0.350. The number of aryl methyl sites for hydroxylation is 1. The van der Waals surface area contributed by atoms with Gasteiger partial charge in [0.25, 0.3) is 0 Å². The average molecular weight is 326 g/mol. The molecule has 128 valence electrons. The van der Waals surface area contributed by atoms with Crippen LogP contribution in [0.4, 0.5) is 5.69 Å². The van der Waals surface area contributed by atoms with Gasteiger partial charge in [-0.05, 0) is 56.5 Å². The Morgan fingerprint density at radius 1 is 1.04 bits per heavy atom. The van der Waals surface area contributed by atoms with Gasteiger partial charge in [0, 0.05) is 11.7 Å². The van der Waals surface area contributed by atoms with E-state index in [-0.39, 0.29) is 18.0 Å². The SMILES string of the molecule is COc1ccc(N[C@H](C)C(=O)N[C@@H](C)CCc2ccccc2)cc1. The van der Waals surface area contributed by atoms with Gasteiger partial charge in [0.1, 0.15) is 11.8 Å². The van der Waals surface area contributed by atoms with Crippen molar-refractivity contribution in [1.82, 2.24) is 5.32 Å². The fourth-order valence-electron chi connectivity index (χ4n) is 2.47. The number of anilines is 1. The van der Waals surface area contributed by atoms with E-state index in [9.17, 15) is 4.79 Å². The maximum absolute atomic E-state index is 12.3. The lowest BCUT2D eigenvalue weighted by Crippen LogP contribution is -2.42. The van der Waals surface area contributed by atoms with Crippen LogP contribution in [0.3, 0.4) is 0 Å². The molecule has 0 radical (unpaired) electrons. The minimum absolute atomic E-state index is 0.00591. The quantitative estimate of drug-likeness (QED) is 0.779. The van der Waals surface area contributed by atoms with Crippen LogP contribution < -0.4 is 15.4 Å². The van der Waals surface area contributed by atoms with Gasteiger partial charge in [0.2, 0.25) is 5.91 Å². The Kier molecular flexibility index (Phi) is 6.67. The Bertz CT molecular complexity index is 626. The summed E-state index contributed by atoms with van der Waals surface area (Å²) >= 11 is 0. The summed E-state index contributed by atoms with van der Waals surface area (Å²) in [6.45, 7) is 3.91. The monoisotopic (exact) mass is 326 g/mol. The minimum atomic E-state index is -0.294. The van der Waals surface area contributed by atoms with Crippen molar-refractivity contribution in [1.29, 1.82) is 0 Å². The lowest BCUT2D eigenvalue weighted by atomic mass is 10.1. The van der Waals surface area contributed by atoms with Gasteiger partial charge in [-0.15, -0.1) is 0 Å². The highest BCUT2D eigenvalue weighted by atomic mass is 16.5. The molecule has 4 heteroatoms. The van der Waals surface area contributed by atoms with E-state index in [0.29, 0.717) is 0 Å². The van der Waals surface area contributed by atoms with Crippen LogP contribution in [0.15, 0.2) is 54.6 Å². The van der Waals surface area contributed by atoms with Gasteiger partial charge in [-0.25, -0.2) is 0 Å². The van der Waals surface area contributed by atoms with Crippen molar-refractivity contribution in [2.75, 3.05) is 12.4 Å². The van der Waals surface area contributed by atoms with E-state index < -0.39 is 0 Å². The predicted octanol–water partition coefficient (Wildman–Crippen LogP) is 3.63. The van der Waals surface area contributed by atoms with Crippen molar-refractivity contribution in [3.63, 3.8) is 0 Å². The summed E-state index contributed by atoms with van der Waals surface area (Å²) in [5.41, 5.74) is 2.19. The smallest absolute Gasteiger partial charge is 0.242 e. The van der Waals surface area contributed by atoms with Gasteiger partial charge >= 0.3 is 0 Å². The number of rotatable bonds is 8. The summed E-state index contributed by atoms with van der Waals surface area (Å²) in [4.78, 5) is 12.3. The second-order valence-electron chi connectivity index (χ2n) is 6.03. The molecule has 0 unspecified atom stereocenters. The van der Waals surface area contributed by atoms with Crippen molar-refractivity contribution in [2.45, 2.75) is 38.8 Å². The second kappa shape index (κ2) is 8.96. The van der Waals surface area contributed by atoms with E-state index in [0.717, 1.165) is 24.3 Å². The van der Waals surface area contributed by atoms with Crippen LogP contribution in [0.5, 0.6) is 5.75 Å². The third-order valence-corrected chi connectivity index (χ3v) is 3.96. The van der Waals surface area contributed by atoms with Crippen LogP contribution in [0.2, 0.25) is 0 Å². The van der Waals surface area contributed by atoms with Gasteiger partial charge in [0.15, 0.2) is 0 Å². The van der Waals surface area contributed by atoms with E-state index in [1.807, 2.05) is 56.3 Å². The maximum Gasteiger partial charge on any atom is 0.242 e. The molecule has 0 saturated heterocycles. The van der Waals surface area contributed by atoms with Crippen molar-refractivity contribution >= 4 is 11.6 Å². The minimum Gasteiger partial charge on any atom is -0.497 e. The normalized spacial score (nSPS) is 13.0. The molecular weight excluding hydrogens is 300 g/mol. The molecule has 0 aliphatic heterocycles. The van der Waals surface area contributed by atoms with E-state index >= 15 is 0 Å². The van der Waals surface area contributed by atoms with Gasteiger partial charge in [0.05, 0.1) is 7.11 Å². The molecule has 2 aromatic rings. The fourth-order valence-corrected chi connectivity index (χ4v) is 2.47. The topological polar surface area (TPSA) is 50.4 Å². The van der Waals surface area contributed by atoms with Crippen molar-refractivity contribution in [3.8, 4) is 5.75 Å². The highest BCUT2D eigenvalue weighted by Crippen LogP contribution is 2.15. The maximum atomic E-state index is 12.3. The Balaban J connectivity index is 1.77. The first kappa shape index (κ1) is 17.9. The summed E-state index contributed by atoms with van der Waals surface area (Å²) in [6, 6.07) is 17.7. The Hall–Kier alpha value is -2.49. The van der Waals surface area contributed by atoms with Crippen LogP contribution in [0.1, 0.15) is 25.8 Å². The molecule has 2 N–H and O–H groups in total. The molecule has 0 aromatic heterocycles. The first-order valence-corrected chi connectivity index (χ1v) is 8.33. The number of methoxy groups -OCH3 is 1. The second-order valence-corrected chi connectivity index (χ2v) is 6.03. The van der Waals surface area contributed by atoms with Gasteiger partial charge in [-0.3, -0.25) is 4.79 Å². The van der Waals surface area contributed by atoms with E-state index in [2.05, 4.69) is 22.8 Å². The van der Waals surface area contributed by atoms with Crippen molar-refractivity contribution in [2.24, 2.45) is 0 Å². The highest BCUT2D eigenvalue weighted by molar-refractivity contribution is 5.84. The lowest BCUT2D eigenvalue weighted by Gasteiger charge is -2.19. The van der Waals surface area contributed by atoms with Gasteiger partial charge in [-0.2, -0.15) is 0 Å². The molecule has 2 aromatic carbocycles. The van der Waals surface area contributed by atoms with Crippen LogP contribution in [-0.2, 0) is 11.2 Å². The predicted molar refractivity (Wildman–Crippen MR) is 98.4 cm³/mol. The zero-order valence-electron chi connectivity index (χ0n) is 14.6. The van der Waals surface area contributed by atoms with Crippen molar-refractivity contribution < 1.29 is 9.53 Å². The first-order valence-electron chi connectivity index (χ1n) is 8.33. The van der Waals surface area contributed by atoms with E-state index in [4.69, 9.17) is 4.74 Å². The van der Waals surface area contributed by atoms with E-state index in [1.54, 1.807) is 7.11 Å². The number of amides is 1. The molecule has 1 amide bonds. The molecule has 4 nitrogen and oxygen atoms in total. The standard InChI is InChI=1S/C20H26N2O2/c1-15(9-10-17-7-5-4-6-8-17)21-20(23)16(2)22-18-11-13-19(24-3)14-12-18/h4-8,11-16,22H,9-10H2,1-3H3,(H,21,23)/t15-,16+/m0/s1. The first-order chi connectivity index (χ1) is 11.6. The van der Waals surface area contributed by atoms with Gasteiger partial charge in [-0.1, -0.05) is 30.3 Å². The molecule has 2 rings (SSSR count). The van der Waals surface area contributed by atoms with Crippen LogP contribution in [0, 0.1) is 0 Å². The average Bonchev–Trinajstić information content (AvgIpc) is 2.61. The molecule has 0 saturated carbocycles. The zero-order chi connectivity index (χ0) is 17.4. The highest BCUT2D eigenvalue weighted by Gasteiger charge is 2.15. The summed E-state index contributed by atoms with van der Waals surface area (Å²) < 4.78 is 5.13. The molecule has 0 fully saturated rings. The van der Waals surface area contributed by atoms with Crippen molar-refractivity contribution in [3.05, 3.63) is 60.2 Å². The number of hydrogen-bond acceptors (Lipinski definition) is 3. The summed E-state index contributed by atoms with van der Waals surface area (Å²) in [5, 5.41) is 6.27. The van der Waals surface area contributed by atoms with Crippen LogP contribution >= 0.6 is 0 Å². The summed E-state index contributed by atoms with van der Waals surface area (Å²) in [7, 11) is 1.63. The molecular formula is C20H26N2O2. The third kappa shape index (κ3) is 5.61. The summed E-state index contributed by atoms with van der Waals surface area (Å²) in [5.74, 6) is 0.804. The van der Waals surface area contributed by atoms with Crippen LogP contribution in [-0.4, -0.2) is 25.1 Å². The largest absolute Gasteiger partial charge is 0.497 e. The number of hydrogen-bond donors (Lipinski definition) is 2. The number of carbonyl (C=O) groups is 1. The molecule has 0 aliphatic rings. The Morgan fingerprint density at radius 2 is 1.71 bits per heavy atom. The van der Waals surface area contributed by atoms with Gasteiger partial charge < -0.3 is 15.4 Å².